The number of hydrogen-bond donors (Lipinski definition) is 0. The molecule has 0 amide bonds. The zero-order valence-corrected chi connectivity index (χ0v) is 8.82. The van der Waals surface area contributed by atoms with Crippen molar-refractivity contribution in [3.63, 3.8) is 0 Å². The average Bonchev–Trinajstić information content (AvgIpc) is 2.29. The lowest BCUT2D eigenvalue weighted by atomic mass is 10.2. The second-order valence-corrected chi connectivity index (χ2v) is 2.87. The Morgan fingerprint density at radius 3 is 2.60 bits per heavy atom. The summed E-state index contributed by atoms with van der Waals surface area (Å²) in [6, 6.07) is 5.56. The highest BCUT2D eigenvalue weighted by Gasteiger charge is 2.01. The van der Waals surface area contributed by atoms with Crippen LogP contribution in [0.4, 0.5) is 0 Å². The summed E-state index contributed by atoms with van der Waals surface area (Å²) in [4.78, 5) is 10.00. The Morgan fingerprint density at radius 1 is 1.27 bits per heavy atom. The van der Waals surface area contributed by atoms with Crippen LogP contribution < -0.4 is 9.47 Å². The van der Waals surface area contributed by atoms with Crippen LogP contribution in [0, 0.1) is 0 Å². The molecule has 0 aliphatic carbocycles. The molecule has 0 atom stereocenters. The summed E-state index contributed by atoms with van der Waals surface area (Å²) in [5.41, 5.74) is 0.961. The Hall–Kier alpha value is -1.77. The van der Waals surface area contributed by atoms with E-state index in [-0.39, 0.29) is 0 Å². The van der Waals surface area contributed by atoms with Crippen LogP contribution in [0.1, 0.15) is 12.0 Å². The second kappa shape index (κ2) is 5.86. The van der Waals surface area contributed by atoms with Gasteiger partial charge >= 0.3 is 0 Å². The SMILES string of the molecule is COc1ccc(/C=C/C[C]=O)cc1OC. The van der Waals surface area contributed by atoms with E-state index in [1.807, 2.05) is 24.3 Å². The van der Waals surface area contributed by atoms with Crippen molar-refractivity contribution in [1.82, 2.24) is 0 Å². The number of carbonyl (C=O) groups excluding carboxylic acids is 1. The molecule has 0 N–H and O–H groups in total. The molecule has 0 aliphatic rings. The predicted octanol–water partition coefficient (Wildman–Crippen LogP) is 2.22. The molecule has 3 heteroatoms. The molecule has 0 aliphatic heterocycles. The molecular weight excluding hydrogens is 192 g/mol. The summed E-state index contributed by atoms with van der Waals surface area (Å²) in [5, 5.41) is 0. The average molecular weight is 205 g/mol. The molecule has 15 heavy (non-hydrogen) atoms. The van der Waals surface area contributed by atoms with Crippen molar-refractivity contribution in [3.8, 4) is 11.5 Å². The van der Waals surface area contributed by atoms with Gasteiger partial charge in [-0.25, -0.2) is 0 Å². The third kappa shape index (κ3) is 3.13. The molecule has 0 unspecified atom stereocenters. The zero-order chi connectivity index (χ0) is 11.1. The Bertz CT molecular complexity index is 356. The van der Waals surface area contributed by atoms with Crippen LogP contribution >= 0.6 is 0 Å². The van der Waals surface area contributed by atoms with Crippen molar-refractivity contribution in [1.29, 1.82) is 0 Å². The summed E-state index contributed by atoms with van der Waals surface area (Å²) in [7, 11) is 3.18. The van der Waals surface area contributed by atoms with Crippen molar-refractivity contribution in [3.05, 3.63) is 29.8 Å². The summed E-state index contributed by atoms with van der Waals surface area (Å²) < 4.78 is 10.3. The monoisotopic (exact) mass is 205 g/mol. The third-order valence-corrected chi connectivity index (χ3v) is 1.92. The molecular formula is C12H13O3. The molecule has 0 spiro atoms. The number of methoxy groups -OCH3 is 2. The van der Waals surface area contributed by atoms with Gasteiger partial charge in [-0.15, -0.1) is 0 Å². The van der Waals surface area contributed by atoms with E-state index < -0.39 is 0 Å². The summed E-state index contributed by atoms with van der Waals surface area (Å²) in [6.45, 7) is 0. The second-order valence-electron chi connectivity index (χ2n) is 2.87. The van der Waals surface area contributed by atoms with E-state index in [0.717, 1.165) is 5.56 Å². The van der Waals surface area contributed by atoms with E-state index in [0.29, 0.717) is 17.9 Å². The number of allylic oxidation sites excluding steroid dienone is 1. The van der Waals surface area contributed by atoms with E-state index in [1.165, 1.54) is 0 Å². The van der Waals surface area contributed by atoms with Gasteiger partial charge in [-0.2, -0.15) is 0 Å². The standard InChI is InChI=1S/C12H13O3/c1-14-11-7-6-10(5-3-4-8-13)9-12(11)15-2/h3,5-7,9H,4H2,1-2H3/b5-3+. The molecule has 0 fully saturated rings. The largest absolute Gasteiger partial charge is 0.493 e. The van der Waals surface area contributed by atoms with Gasteiger partial charge in [-0.3, -0.25) is 4.79 Å². The predicted molar refractivity (Wildman–Crippen MR) is 58.9 cm³/mol. The molecule has 1 rings (SSSR count). The molecule has 79 valence electrons. The molecule has 1 aromatic rings. The number of benzene rings is 1. The van der Waals surface area contributed by atoms with Gasteiger partial charge in [-0.05, 0) is 17.7 Å². The first kappa shape index (κ1) is 11.3. The van der Waals surface area contributed by atoms with E-state index in [2.05, 4.69) is 0 Å². The maximum absolute atomic E-state index is 10.00. The highest BCUT2D eigenvalue weighted by atomic mass is 16.5. The number of hydrogen-bond acceptors (Lipinski definition) is 3. The minimum Gasteiger partial charge on any atom is -0.493 e. The van der Waals surface area contributed by atoms with Crippen LogP contribution in [0.3, 0.4) is 0 Å². The van der Waals surface area contributed by atoms with Gasteiger partial charge in [0.2, 0.25) is 6.29 Å². The summed E-state index contributed by atoms with van der Waals surface area (Å²) in [5.74, 6) is 1.37. The lowest BCUT2D eigenvalue weighted by Gasteiger charge is -2.07. The van der Waals surface area contributed by atoms with E-state index in [9.17, 15) is 4.79 Å². The topological polar surface area (TPSA) is 35.5 Å². The van der Waals surface area contributed by atoms with Crippen LogP contribution in [0.15, 0.2) is 24.3 Å². The minimum atomic E-state index is 0.300. The van der Waals surface area contributed by atoms with E-state index in [1.54, 1.807) is 26.6 Å². The van der Waals surface area contributed by atoms with Crippen LogP contribution in [0.25, 0.3) is 6.08 Å². The summed E-state index contributed by atoms with van der Waals surface area (Å²) >= 11 is 0. The van der Waals surface area contributed by atoms with Crippen LogP contribution in [0.5, 0.6) is 11.5 Å². The fourth-order valence-corrected chi connectivity index (χ4v) is 1.20. The molecule has 0 heterocycles. The normalized spacial score (nSPS) is 10.3. The van der Waals surface area contributed by atoms with Crippen molar-refractivity contribution < 1.29 is 14.3 Å². The zero-order valence-electron chi connectivity index (χ0n) is 8.82. The molecule has 1 aromatic carbocycles. The lowest BCUT2D eigenvalue weighted by molar-refractivity contribution is 0.355. The van der Waals surface area contributed by atoms with Gasteiger partial charge in [0.05, 0.1) is 14.2 Å². The highest BCUT2D eigenvalue weighted by molar-refractivity contribution is 5.60. The molecule has 0 aromatic heterocycles. The quantitative estimate of drug-likeness (QED) is 0.739. The Kier molecular flexibility index (Phi) is 4.41. The van der Waals surface area contributed by atoms with E-state index in [4.69, 9.17) is 9.47 Å². The summed E-state index contributed by atoms with van der Waals surface area (Å²) in [6.07, 6.45) is 5.68. The molecule has 1 radical (unpaired) electrons. The number of rotatable bonds is 5. The first-order chi connectivity index (χ1) is 7.31. The molecule has 0 bridgehead atoms. The van der Waals surface area contributed by atoms with Gasteiger partial charge in [0.1, 0.15) is 0 Å². The van der Waals surface area contributed by atoms with Crippen LogP contribution in [0.2, 0.25) is 0 Å². The third-order valence-electron chi connectivity index (χ3n) is 1.92. The van der Waals surface area contributed by atoms with Gasteiger partial charge in [-0.1, -0.05) is 18.2 Å². The van der Waals surface area contributed by atoms with Crippen molar-refractivity contribution in [2.45, 2.75) is 6.42 Å². The van der Waals surface area contributed by atoms with Crippen LogP contribution in [-0.2, 0) is 4.79 Å². The molecule has 0 saturated heterocycles. The maximum atomic E-state index is 10.00. The molecule has 0 saturated carbocycles. The first-order valence-electron chi connectivity index (χ1n) is 4.55. The lowest BCUT2D eigenvalue weighted by Crippen LogP contribution is -1.90. The van der Waals surface area contributed by atoms with Crippen molar-refractivity contribution in [2.24, 2.45) is 0 Å². The fraction of sp³-hybridized carbons (Fsp3) is 0.250. The van der Waals surface area contributed by atoms with Crippen molar-refractivity contribution in [2.75, 3.05) is 14.2 Å². The number of ether oxygens (including phenoxy) is 2. The van der Waals surface area contributed by atoms with Gasteiger partial charge in [0.15, 0.2) is 11.5 Å². The first-order valence-corrected chi connectivity index (χ1v) is 4.55. The van der Waals surface area contributed by atoms with Gasteiger partial charge < -0.3 is 9.47 Å². The smallest absolute Gasteiger partial charge is 0.202 e. The fourth-order valence-electron chi connectivity index (χ4n) is 1.20. The van der Waals surface area contributed by atoms with Crippen molar-refractivity contribution >= 4 is 12.4 Å². The Balaban J connectivity index is 2.87. The van der Waals surface area contributed by atoms with Gasteiger partial charge in [0.25, 0.3) is 0 Å². The van der Waals surface area contributed by atoms with E-state index >= 15 is 0 Å². The van der Waals surface area contributed by atoms with Gasteiger partial charge in [0, 0.05) is 6.42 Å². The Morgan fingerprint density at radius 2 is 2.00 bits per heavy atom. The maximum Gasteiger partial charge on any atom is 0.202 e. The minimum absolute atomic E-state index is 0.300. The van der Waals surface area contributed by atoms with Crippen LogP contribution in [-0.4, -0.2) is 20.5 Å². The highest BCUT2D eigenvalue weighted by Crippen LogP contribution is 2.27. The Labute approximate surface area is 89.3 Å². The molecule has 3 nitrogen and oxygen atoms in total.